The van der Waals surface area contributed by atoms with Gasteiger partial charge >= 0.3 is 0 Å². The Hall–Kier alpha value is -0.0800. The van der Waals surface area contributed by atoms with Crippen LogP contribution in [0.5, 0.6) is 0 Å². The van der Waals surface area contributed by atoms with Gasteiger partial charge in [-0.1, -0.05) is 0 Å². The van der Waals surface area contributed by atoms with Crippen LogP contribution in [0.1, 0.15) is 39.0 Å². The van der Waals surface area contributed by atoms with Crippen molar-refractivity contribution in [1.29, 1.82) is 0 Å². The summed E-state index contributed by atoms with van der Waals surface area (Å²) in [6.45, 7) is 3.20. The zero-order valence-corrected chi connectivity index (χ0v) is 10.6. The van der Waals surface area contributed by atoms with Gasteiger partial charge in [0.1, 0.15) is 0 Å². The molecule has 0 aromatic rings. The third-order valence-corrected chi connectivity index (χ3v) is 5.02. The molecule has 1 N–H and O–H groups in total. The molecule has 4 saturated carbocycles. The van der Waals surface area contributed by atoms with Crippen LogP contribution in [0, 0.1) is 23.7 Å². The van der Waals surface area contributed by atoms with Gasteiger partial charge in [-0.2, -0.15) is 0 Å². The lowest BCUT2D eigenvalue weighted by molar-refractivity contribution is -0.145. The average Bonchev–Trinajstić information content (AvgIpc) is 2.23. The minimum absolute atomic E-state index is 0.382. The van der Waals surface area contributed by atoms with E-state index in [1.807, 2.05) is 7.05 Å². The van der Waals surface area contributed by atoms with Crippen molar-refractivity contribution in [2.75, 3.05) is 13.6 Å². The van der Waals surface area contributed by atoms with Crippen LogP contribution in [-0.4, -0.2) is 25.8 Å². The lowest BCUT2D eigenvalue weighted by atomic mass is 9.55. The lowest BCUT2D eigenvalue weighted by Crippen LogP contribution is -2.50. The highest BCUT2D eigenvalue weighted by Gasteiger charge is 2.49. The first-order chi connectivity index (χ1) is 7.76. The first-order valence-electron chi connectivity index (χ1n) is 7.06. The van der Waals surface area contributed by atoms with Gasteiger partial charge < -0.3 is 10.1 Å². The summed E-state index contributed by atoms with van der Waals surface area (Å²) in [5, 5.41) is 3.22. The number of hydrogen-bond donors (Lipinski definition) is 1. The molecule has 0 radical (unpaired) electrons. The lowest BCUT2D eigenvalue weighted by Gasteiger charge is -2.54. The first kappa shape index (κ1) is 11.0. The van der Waals surface area contributed by atoms with Crippen molar-refractivity contribution in [2.24, 2.45) is 23.7 Å². The van der Waals surface area contributed by atoms with Gasteiger partial charge in [0.25, 0.3) is 0 Å². The number of nitrogens with one attached hydrogen (secondary N) is 1. The van der Waals surface area contributed by atoms with Crippen LogP contribution < -0.4 is 5.32 Å². The van der Waals surface area contributed by atoms with Gasteiger partial charge in [-0.3, -0.25) is 0 Å². The fourth-order valence-corrected chi connectivity index (χ4v) is 4.70. The van der Waals surface area contributed by atoms with Crippen molar-refractivity contribution >= 4 is 0 Å². The summed E-state index contributed by atoms with van der Waals surface area (Å²) in [7, 11) is 2.01. The molecule has 4 rings (SSSR count). The monoisotopic (exact) mass is 223 g/mol. The molecule has 4 aliphatic carbocycles. The third-order valence-electron chi connectivity index (χ3n) is 5.02. The number of likely N-dealkylation sites (N-methyl/N-ethyl adjacent to an activating group) is 1. The molecule has 2 heteroatoms. The maximum Gasteiger partial charge on any atom is 0.0675 e. The van der Waals surface area contributed by atoms with Gasteiger partial charge in [0.05, 0.1) is 12.2 Å². The van der Waals surface area contributed by atoms with E-state index in [9.17, 15) is 0 Å². The number of rotatable bonds is 4. The van der Waals surface area contributed by atoms with Crippen molar-refractivity contribution < 1.29 is 4.74 Å². The predicted molar refractivity (Wildman–Crippen MR) is 65.3 cm³/mol. The van der Waals surface area contributed by atoms with E-state index >= 15 is 0 Å². The fraction of sp³-hybridized carbons (Fsp3) is 1.00. The minimum Gasteiger partial charge on any atom is -0.373 e. The van der Waals surface area contributed by atoms with Crippen LogP contribution in [0.4, 0.5) is 0 Å². The Kier molecular flexibility index (Phi) is 2.97. The molecule has 0 aromatic carbocycles. The molecule has 1 unspecified atom stereocenters. The fourth-order valence-electron chi connectivity index (χ4n) is 4.70. The van der Waals surface area contributed by atoms with Crippen LogP contribution in [0.15, 0.2) is 0 Å². The van der Waals surface area contributed by atoms with Crippen molar-refractivity contribution in [3.05, 3.63) is 0 Å². The first-order valence-corrected chi connectivity index (χ1v) is 7.06. The van der Waals surface area contributed by atoms with Crippen LogP contribution in [0.25, 0.3) is 0 Å². The SMILES string of the molecule is CNCC(C)OC1C2CC3CC(C2)CC1C3. The Morgan fingerprint density at radius 2 is 1.62 bits per heavy atom. The molecule has 0 saturated heterocycles. The van der Waals surface area contributed by atoms with Crippen LogP contribution in [-0.2, 0) is 4.74 Å². The van der Waals surface area contributed by atoms with Gasteiger partial charge in [-0.05, 0) is 69.7 Å². The van der Waals surface area contributed by atoms with E-state index in [-0.39, 0.29) is 0 Å². The normalized spacial score (nSPS) is 47.2. The molecule has 0 spiro atoms. The second kappa shape index (κ2) is 4.30. The average molecular weight is 223 g/mol. The van der Waals surface area contributed by atoms with E-state index in [0.29, 0.717) is 12.2 Å². The second-order valence-corrected chi connectivity index (χ2v) is 6.40. The molecular weight excluding hydrogens is 198 g/mol. The highest BCUT2D eigenvalue weighted by Crippen LogP contribution is 2.54. The summed E-state index contributed by atoms with van der Waals surface area (Å²) in [6.07, 6.45) is 8.36. The standard InChI is InChI=1S/C14H25NO/c1-9(8-15-2)16-14-12-4-10-3-11(6-12)7-13(14)5-10/h9-15H,3-8H2,1-2H3. The van der Waals surface area contributed by atoms with Crippen molar-refractivity contribution in [3.63, 3.8) is 0 Å². The predicted octanol–water partition coefficient (Wildman–Crippen LogP) is 2.44. The molecule has 4 bridgehead atoms. The summed E-state index contributed by atoms with van der Waals surface area (Å²) in [4.78, 5) is 0. The summed E-state index contributed by atoms with van der Waals surface area (Å²) >= 11 is 0. The maximum atomic E-state index is 6.31. The molecule has 4 fully saturated rings. The number of hydrogen-bond acceptors (Lipinski definition) is 2. The van der Waals surface area contributed by atoms with Gasteiger partial charge in [-0.15, -0.1) is 0 Å². The Balaban J connectivity index is 1.63. The van der Waals surface area contributed by atoms with E-state index in [1.165, 1.54) is 32.1 Å². The van der Waals surface area contributed by atoms with Crippen molar-refractivity contribution in [3.8, 4) is 0 Å². The molecule has 92 valence electrons. The molecule has 0 aromatic heterocycles. The van der Waals surface area contributed by atoms with Crippen molar-refractivity contribution in [2.45, 2.75) is 51.2 Å². The Morgan fingerprint density at radius 3 is 2.12 bits per heavy atom. The van der Waals surface area contributed by atoms with Crippen molar-refractivity contribution in [1.82, 2.24) is 5.32 Å². The molecule has 16 heavy (non-hydrogen) atoms. The maximum absolute atomic E-state index is 6.31. The minimum atomic E-state index is 0.382. The Labute approximate surface area is 99.1 Å². The summed E-state index contributed by atoms with van der Waals surface area (Å²) in [5.41, 5.74) is 0. The third kappa shape index (κ3) is 1.91. The second-order valence-electron chi connectivity index (χ2n) is 6.40. The molecule has 0 heterocycles. The molecule has 2 nitrogen and oxygen atoms in total. The molecule has 1 atom stereocenters. The summed E-state index contributed by atoms with van der Waals surface area (Å²) < 4.78 is 6.31. The molecule has 0 amide bonds. The van der Waals surface area contributed by atoms with Crippen LogP contribution in [0.3, 0.4) is 0 Å². The summed E-state index contributed by atoms with van der Waals surface area (Å²) in [6, 6.07) is 0. The Bertz CT molecular complexity index is 225. The van der Waals surface area contributed by atoms with Gasteiger partial charge in [0.2, 0.25) is 0 Å². The smallest absolute Gasteiger partial charge is 0.0675 e. The highest BCUT2D eigenvalue weighted by molar-refractivity contribution is 4.99. The molecule has 0 aliphatic heterocycles. The van der Waals surface area contributed by atoms with Gasteiger partial charge in [-0.25, -0.2) is 0 Å². The molecule has 4 aliphatic rings. The molecular formula is C14H25NO. The van der Waals surface area contributed by atoms with E-state index in [4.69, 9.17) is 4.74 Å². The Morgan fingerprint density at radius 1 is 1.06 bits per heavy atom. The van der Waals surface area contributed by atoms with E-state index in [2.05, 4.69) is 12.2 Å². The van der Waals surface area contributed by atoms with E-state index in [1.54, 1.807) is 0 Å². The van der Waals surface area contributed by atoms with Gasteiger partial charge in [0, 0.05) is 6.54 Å². The quantitative estimate of drug-likeness (QED) is 0.790. The highest BCUT2D eigenvalue weighted by atomic mass is 16.5. The van der Waals surface area contributed by atoms with Crippen LogP contribution >= 0.6 is 0 Å². The topological polar surface area (TPSA) is 21.3 Å². The number of ether oxygens (including phenoxy) is 1. The van der Waals surface area contributed by atoms with E-state index < -0.39 is 0 Å². The van der Waals surface area contributed by atoms with E-state index in [0.717, 1.165) is 30.2 Å². The zero-order valence-electron chi connectivity index (χ0n) is 10.6. The summed E-state index contributed by atoms with van der Waals surface area (Å²) in [5.74, 6) is 3.91. The van der Waals surface area contributed by atoms with Gasteiger partial charge in [0.15, 0.2) is 0 Å². The van der Waals surface area contributed by atoms with Crippen LogP contribution in [0.2, 0.25) is 0 Å². The largest absolute Gasteiger partial charge is 0.373 e. The zero-order chi connectivity index (χ0) is 11.1.